The molecule has 0 aromatic heterocycles. The van der Waals surface area contributed by atoms with Crippen LogP contribution in [0.15, 0.2) is 48.5 Å². The molecule has 1 aliphatic rings. The lowest BCUT2D eigenvalue weighted by atomic mass is 10.2. The molecule has 0 bridgehead atoms. The third-order valence-electron chi connectivity index (χ3n) is 4.56. The Labute approximate surface area is 169 Å². The van der Waals surface area contributed by atoms with E-state index in [-0.39, 0.29) is 18.4 Å². The Morgan fingerprint density at radius 1 is 1.00 bits per heavy atom. The van der Waals surface area contributed by atoms with Gasteiger partial charge in [0.15, 0.2) is 0 Å². The highest BCUT2D eigenvalue weighted by molar-refractivity contribution is 7.99. The fourth-order valence-corrected chi connectivity index (χ4v) is 3.82. The van der Waals surface area contributed by atoms with Gasteiger partial charge in [-0.15, -0.1) is 0 Å². The van der Waals surface area contributed by atoms with Gasteiger partial charge >= 0.3 is 0 Å². The van der Waals surface area contributed by atoms with Crippen LogP contribution < -0.4 is 20.3 Å². The van der Waals surface area contributed by atoms with Crippen LogP contribution in [0.5, 0.6) is 5.75 Å². The van der Waals surface area contributed by atoms with Crippen LogP contribution in [0.3, 0.4) is 0 Å². The SMILES string of the molecule is COc1ccc(C(=O)NCC(=O)NCc2ccc(N3CCSCC3)cc2)cc1. The van der Waals surface area contributed by atoms with Crippen LogP contribution in [0.4, 0.5) is 5.69 Å². The highest BCUT2D eigenvalue weighted by Gasteiger charge is 2.11. The maximum atomic E-state index is 12.1. The number of anilines is 1. The number of amides is 2. The van der Waals surface area contributed by atoms with Crippen LogP contribution in [0.25, 0.3) is 0 Å². The first-order chi connectivity index (χ1) is 13.7. The number of rotatable bonds is 7. The number of carbonyl (C=O) groups excluding carboxylic acids is 2. The van der Waals surface area contributed by atoms with E-state index in [1.807, 2.05) is 23.9 Å². The van der Waals surface area contributed by atoms with Crippen LogP contribution in [0.1, 0.15) is 15.9 Å². The fraction of sp³-hybridized carbons (Fsp3) is 0.333. The average Bonchev–Trinajstić information content (AvgIpc) is 2.77. The van der Waals surface area contributed by atoms with Gasteiger partial charge in [-0.05, 0) is 42.0 Å². The number of thioether (sulfide) groups is 1. The third kappa shape index (κ3) is 5.66. The predicted molar refractivity (Wildman–Crippen MR) is 113 cm³/mol. The lowest BCUT2D eigenvalue weighted by Crippen LogP contribution is -2.36. The number of nitrogens with zero attached hydrogens (tertiary/aromatic N) is 1. The number of hydrogen-bond acceptors (Lipinski definition) is 5. The molecule has 6 nitrogen and oxygen atoms in total. The van der Waals surface area contributed by atoms with Crippen LogP contribution in [-0.2, 0) is 11.3 Å². The van der Waals surface area contributed by atoms with Gasteiger partial charge in [-0.1, -0.05) is 12.1 Å². The van der Waals surface area contributed by atoms with Crippen molar-refractivity contribution in [3.63, 3.8) is 0 Å². The van der Waals surface area contributed by atoms with Crippen LogP contribution >= 0.6 is 11.8 Å². The summed E-state index contributed by atoms with van der Waals surface area (Å²) in [5, 5.41) is 5.46. The number of carbonyl (C=O) groups is 2. The van der Waals surface area contributed by atoms with Gasteiger partial charge in [-0.3, -0.25) is 9.59 Å². The van der Waals surface area contributed by atoms with Crippen LogP contribution in [0, 0.1) is 0 Å². The van der Waals surface area contributed by atoms with Gasteiger partial charge in [0.1, 0.15) is 5.75 Å². The van der Waals surface area contributed by atoms with Crippen molar-refractivity contribution in [3.8, 4) is 5.75 Å². The Morgan fingerprint density at radius 2 is 1.68 bits per heavy atom. The van der Waals surface area contributed by atoms with E-state index >= 15 is 0 Å². The standard InChI is InChI=1S/C21H25N3O3S/c1-27-19-8-4-17(5-9-19)21(26)23-15-20(25)22-14-16-2-6-18(7-3-16)24-10-12-28-13-11-24/h2-9H,10-15H2,1H3,(H,22,25)(H,23,26). The van der Waals surface area contributed by atoms with Crippen LogP contribution in [0.2, 0.25) is 0 Å². The van der Waals surface area contributed by atoms with Crippen molar-refractivity contribution in [2.75, 3.05) is 43.1 Å². The monoisotopic (exact) mass is 399 g/mol. The van der Waals surface area contributed by atoms with Crippen molar-refractivity contribution < 1.29 is 14.3 Å². The molecule has 1 fully saturated rings. The molecule has 7 heteroatoms. The van der Waals surface area contributed by atoms with E-state index in [4.69, 9.17) is 4.74 Å². The van der Waals surface area contributed by atoms with Gasteiger partial charge in [0.25, 0.3) is 5.91 Å². The highest BCUT2D eigenvalue weighted by Crippen LogP contribution is 2.19. The lowest BCUT2D eigenvalue weighted by molar-refractivity contribution is -0.120. The summed E-state index contributed by atoms with van der Waals surface area (Å²) < 4.78 is 5.06. The second-order valence-electron chi connectivity index (χ2n) is 6.45. The molecule has 1 saturated heterocycles. The Bertz CT molecular complexity index is 788. The van der Waals surface area contributed by atoms with Crippen molar-refractivity contribution in [1.29, 1.82) is 0 Å². The van der Waals surface area contributed by atoms with Crippen molar-refractivity contribution in [2.45, 2.75) is 6.54 Å². The molecular formula is C21H25N3O3S. The Hall–Kier alpha value is -2.67. The van der Waals surface area contributed by atoms with E-state index in [0.29, 0.717) is 17.9 Å². The highest BCUT2D eigenvalue weighted by atomic mass is 32.2. The summed E-state index contributed by atoms with van der Waals surface area (Å²) in [6.07, 6.45) is 0. The van der Waals surface area contributed by atoms with Gasteiger partial charge < -0.3 is 20.3 Å². The van der Waals surface area contributed by atoms with Gasteiger partial charge in [0.05, 0.1) is 13.7 Å². The molecule has 2 N–H and O–H groups in total. The van der Waals surface area contributed by atoms with E-state index in [1.54, 1.807) is 31.4 Å². The Kier molecular flexibility index (Phi) is 7.19. The summed E-state index contributed by atoms with van der Waals surface area (Å²) in [4.78, 5) is 26.5. The molecule has 0 aliphatic carbocycles. The minimum atomic E-state index is -0.290. The van der Waals surface area contributed by atoms with E-state index in [0.717, 1.165) is 18.7 Å². The molecule has 2 aromatic carbocycles. The third-order valence-corrected chi connectivity index (χ3v) is 5.51. The van der Waals surface area contributed by atoms with E-state index < -0.39 is 0 Å². The van der Waals surface area contributed by atoms with Gasteiger partial charge in [0, 0.05) is 42.4 Å². The summed E-state index contributed by atoms with van der Waals surface area (Å²) >= 11 is 1.99. The zero-order valence-electron chi connectivity index (χ0n) is 15.9. The molecule has 0 spiro atoms. The molecule has 2 aromatic rings. The molecule has 0 saturated carbocycles. The predicted octanol–water partition coefficient (Wildman–Crippen LogP) is 2.29. The lowest BCUT2D eigenvalue weighted by Gasteiger charge is -2.28. The van der Waals surface area contributed by atoms with Gasteiger partial charge in [-0.2, -0.15) is 11.8 Å². The number of ether oxygens (including phenoxy) is 1. The Morgan fingerprint density at radius 3 is 2.32 bits per heavy atom. The maximum absolute atomic E-state index is 12.1. The smallest absolute Gasteiger partial charge is 0.251 e. The second kappa shape index (κ2) is 10.0. The number of methoxy groups -OCH3 is 1. The van der Waals surface area contributed by atoms with Crippen molar-refractivity contribution in [3.05, 3.63) is 59.7 Å². The minimum absolute atomic E-state index is 0.0611. The average molecular weight is 400 g/mol. The molecule has 1 aliphatic heterocycles. The second-order valence-corrected chi connectivity index (χ2v) is 7.68. The maximum Gasteiger partial charge on any atom is 0.251 e. The normalized spacial score (nSPS) is 13.7. The van der Waals surface area contributed by atoms with Gasteiger partial charge in [0.2, 0.25) is 5.91 Å². The largest absolute Gasteiger partial charge is 0.497 e. The molecule has 2 amide bonds. The number of benzene rings is 2. The molecular weight excluding hydrogens is 374 g/mol. The molecule has 1 heterocycles. The summed E-state index contributed by atoms with van der Waals surface area (Å²) in [5.74, 6) is 2.50. The molecule has 0 atom stereocenters. The quantitative estimate of drug-likeness (QED) is 0.748. The van der Waals surface area contributed by atoms with Gasteiger partial charge in [-0.25, -0.2) is 0 Å². The molecule has 3 rings (SSSR count). The fourth-order valence-electron chi connectivity index (χ4n) is 2.91. The molecule has 28 heavy (non-hydrogen) atoms. The zero-order valence-corrected chi connectivity index (χ0v) is 16.8. The van der Waals surface area contributed by atoms with E-state index in [1.165, 1.54) is 17.2 Å². The first-order valence-corrected chi connectivity index (χ1v) is 10.4. The summed E-state index contributed by atoms with van der Waals surface area (Å²) in [7, 11) is 1.57. The topological polar surface area (TPSA) is 70.7 Å². The van der Waals surface area contributed by atoms with Crippen LogP contribution in [-0.4, -0.2) is 50.1 Å². The molecule has 148 valence electrons. The summed E-state index contributed by atoms with van der Waals surface area (Å²) in [5.41, 5.74) is 2.74. The molecule has 0 unspecified atom stereocenters. The van der Waals surface area contributed by atoms with E-state index in [2.05, 4.69) is 27.7 Å². The summed E-state index contributed by atoms with van der Waals surface area (Å²) in [6.45, 7) is 2.53. The van der Waals surface area contributed by atoms with Crippen molar-refractivity contribution in [1.82, 2.24) is 10.6 Å². The summed E-state index contributed by atoms with van der Waals surface area (Å²) in [6, 6.07) is 15.0. The number of hydrogen-bond donors (Lipinski definition) is 2. The minimum Gasteiger partial charge on any atom is -0.497 e. The first kappa shape index (κ1) is 20.1. The molecule has 0 radical (unpaired) electrons. The van der Waals surface area contributed by atoms with E-state index in [9.17, 15) is 9.59 Å². The van der Waals surface area contributed by atoms with Crippen molar-refractivity contribution in [2.24, 2.45) is 0 Å². The first-order valence-electron chi connectivity index (χ1n) is 9.26. The van der Waals surface area contributed by atoms with Crippen molar-refractivity contribution >= 4 is 29.3 Å². The zero-order chi connectivity index (χ0) is 19.8. The Balaban J connectivity index is 1.41. The number of nitrogens with one attached hydrogen (secondary N) is 2.